The Hall–Kier alpha value is -3.79. The third-order valence-corrected chi connectivity index (χ3v) is 5.91. The molecule has 2 aromatic rings. The molecular formula is C25H24N2O5. The van der Waals surface area contributed by atoms with E-state index >= 15 is 0 Å². The van der Waals surface area contributed by atoms with Crippen LogP contribution in [0.2, 0.25) is 0 Å². The predicted octanol–water partition coefficient (Wildman–Crippen LogP) is 2.99. The Balaban J connectivity index is 1.30. The molecule has 2 aliphatic rings. The molecule has 2 N–H and O–H groups in total. The van der Waals surface area contributed by atoms with E-state index in [1.54, 1.807) is 0 Å². The number of amides is 2. The molecule has 2 aromatic carbocycles. The minimum Gasteiger partial charge on any atom is -0.480 e. The molecule has 1 aliphatic heterocycles. The number of benzene rings is 2. The molecule has 0 aromatic heterocycles. The highest BCUT2D eigenvalue weighted by atomic mass is 16.5. The number of fused-ring (bicyclic) bond motifs is 3. The summed E-state index contributed by atoms with van der Waals surface area (Å²) in [6.45, 7) is 0.512. The fourth-order valence-corrected chi connectivity index (χ4v) is 4.39. The molecule has 4 rings (SSSR count). The van der Waals surface area contributed by atoms with Gasteiger partial charge in [0.15, 0.2) is 0 Å². The summed E-state index contributed by atoms with van der Waals surface area (Å²) >= 11 is 0. The van der Waals surface area contributed by atoms with E-state index in [0.717, 1.165) is 35.1 Å². The van der Waals surface area contributed by atoms with Gasteiger partial charge in [0.05, 0.1) is 6.54 Å². The van der Waals surface area contributed by atoms with E-state index in [0.29, 0.717) is 13.0 Å². The maximum atomic E-state index is 12.2. The van der Waals surface area contributed by atoms with Crippen molar-refractivity contribution in [2.24, 2.45) is 0 Å². The van der Waals surface area contributed by atoms with Crippen molar-refractivity contribution in [3.63, 3.8) is 0 Å². The first-order chi connectivity index (χ1) is 15.6. The first-order valence-corrected chi connectivity index (χ1v) is 10.7. The second-order valence-corrected chi connectivity index (χ2v) is 7.83. The lowest BCUT2D eigenvalue weighted by atomic mass is 9.98. The van der Waals surface area contributed by atoms with Crippen LogP contribution in [0.5, 0.6) is 0 Å². The normalized spacial score (nSPS) is 16.9. The fourth-order valence-electron chi connectivity index (χ4n) is 4.39. The average molecular weight is 432 g/mol. The highest BCUT2D eigenvalue weighted by Crippen LogP contribution is 2.44. The maximum absolute atomic E-state index is 12.2. The lowest BCUT2D eigenvalue weighted by Crippen LogP contribution is -2.47. The number of nitrogens with zero attached hydrogens (tertiary/aromatic N) is 1. The van der Waals surface area contributed by atoms with Crippen LogP contribution in [-0.4, -0.2) is 53.7 Å². The van der Waals surface area contributed by atoms with Crippen molar-refractivity contribution in [3.8, 4) is 23.0 Å². The van der Waals surface area contributed by atoms with Crippen LogP contribution >= 0.6 is 0 Å². The average Bonchev–Trinajstić information content (AvgIpc) is 3.14. The van der Waals surface area contributed by atoms with Gasteiger partial charge in [0.2, 0.25) is 0 Å². The monoisotopic (exact) mass is 432 g/mol. The second kappa shape index (κ2) is 9.56. The van der Waals surface area contributed by atoms with E-state index < -0.39 is 24.0 Å². The van der Waals surface area contributed by atoms with E-state index in [1.807, 2.05) is 36.4 Å². The first kappa shape index (κ1) is 21.4. The minimum atomic E-state index is -1.02. The van der Waals surface area contributed by atoms with Crippen LogP contribution in [0.15, 0.2) is 48.5 Å². The Morgan fingerprint density at radius 2 is 1.69 bits per heavy atom. The number of carboxylic acids is 1. The zero-order valence-corrected chi connectivity index (χ0v) is 17.5. The van der Waals surface area contributed by atoms with Crippen molar-refractivity contribution in [1.29, 1.82) is 0 Å². The summed E-state index contributed by atoms with van der Waals surface area (Å²) in [5, 5.41) is 11.8. The number of likely N-dealkylation sites (tertiary alicyclic amines) is 1. The second-order valence-electron chi connectivity index (χ2n) is 7.83. The lowest BCUT2D eigenvalue weighted by molar-refractivity contribution is -0.149. The first-order valence-electron chi connectivity index (χ1n) is 10.7. The van der Waals surface area contributed by atoms with Crippen molar-refractivity contribution in [1.82, 2.24) is 10.2 Å². The van der Waals surface area contributed by atoms with Gasteiger partial charge < -0.3 is 20.1 Å². The number of carboxylic acid groups (broad SMARTS) is 1. The van der Waals surface area contributed by atoms with Crippen LogP contribution in [0.3, 0.4) is 0 Å². The summed E-state index contributed by atoms with van der Waals surface area (Å²) in [6.07, 6.45) is 1.35. The number of alkyl carbamates (subject to hydrolysis) is 1. The van der Waals surface area contributed by atoms with Gasteiger partial charge >= 0.3 is 12.1 Å². The molecule has 1 aliphatic carbocycles. The highest BCUT2D eigenvalue weighted by molar-refractivity contribution is 5.96. The van der Waals surface area contributed by atoms with Gasteiger partial charge in [0.25, 0.3) is 5.91 Å². The fraction of sp³-hybridized carbons (Fsp3) is 0.320. The van der Waals surface area contributed by atoms with E-state index in [1.165, 1.54) is 4.90 Å². The number of ether oxygens (including phenoxy) is 1. The third-order valence-electron chi connectivity index (χ3n) is 5.91. The Labute approximate surface area is 186 Å². The third kappa shape index (κ3) is 4.45. The smallest absolute Gasteiger partial charge is 0.407 e. The largest absolute Gasteiger partial charge is 0.480 e. The zero-order chi connectivity index (χ0) is 22.5. The predicted molar refractivity (Wildman–Crippen MR) is 118 cm³/mol. The van der Waals surface area contributed by atoms with Crippen LogP contribution in [-0.2, 0) is 14.3 Å². The zero-order valence-electron chi connectivity index (χ0n) is 17.5. The van der Waals surface area contributed by atoms with Crippen molar-refractivity contribution >= 4 is 18.0 Å². The van der Waals surface area contributed by atoms with Gasteiger partial charge in [-0.25, -0.2) is 9.59 Å². The van der Waals surface area contributed by atoms with Crippen molar-refractivity contribution < 1.29 is 24.2 Å². The minimum absolute atomic E-state index is 0.0344. The van der Waals surface area contributed by atoms with E-state index in [2.05, 4.69) is 29.3 Å². The van der Waals surface area contributed by atoms with Gasteiger partial charge in [-0.1, -0.05) is 54.5 Å². The Morgan fingerprint density at radius 3 is 2.34 bits per heavy atom. The summed E-state index contributed by atoms with van der Waals surface area (Å²) in [7, 11) is 0. The SMILES string of the molecule is O=C(NCC#CC(=O)N1CCCCC1C(=O)O)OCC1c2ccccc2-c2ccccc21. The molecular weight excluding hydrogens is 408 g/mol. The van der Waals surface area contributed by atoms with Crippen molar-refractivity contribution in [2.45, 2.75) is 31.2 Å². The van der Waals surface area contributed by atoms with Crippen LogP contribution in [0.4, 0.5) is 4.79 Å². The summed E-state index contributed by atoms with van der Waals surface area (Å²) in [5.74, 6) is 3.42. The van der Waals surface area contributed by atoms with Gasteiger partial charge in [-0.2, -0.15) is 0 Å². The molecule has 0 saturated carbocycles. The molecule has 1 fully saturated rings. The van der Waals surface area contributed by atoms with E-state index in [-0.39, 0.29) is 19.1 Å². The molecule has 1 saturated heterocycles. The summed E-state index contributed by atoms with van der Waals surface area (Å²) in [5.41, 5.74) is 4.56. The maximum Gasteiger partial charge on any atom is 0.407 e. The number of carbonyl (C=O) groups is 3. The number of rotatable bonds is 4. The Bertz CT molecular complexity index is 1060. The standard InChI is InChI=1S/C25H24N2O5/c28-23(27-15-6-5-12-22(27)24(29)30)13-7-14-26-25(31)32-16-21-19-10-3-1-8-17(19)18-9-2-4-11-20(18)21/h1-4,8-11,21-22H,5-6,12,14-16H2,(H,26,31)(H,29,30). The lowest BCUT2D eigenvalue weighted by Gasteiger charge is -2.31. The van der Waals surface area contributed by atoms with Gasteiger partial charge in [-0.3, -0.25) is 4.79 Å². The molecule has 0 spiro atoms. The molecule has 0 radical (unpaired) electrons. The van der Waals surface area contributed by atoms with Crippen molar-refractivity contribution in [2.75, 3.05) is 19.7 Å². The molecule has 32 heavy (non-hydrogen) atoms. The van der Waals surface area contributed by atoms with Crippen LogP contribution in [0.25, 0.3) is 11.1 Å². The molecule has 7 nitrogen and oxygen atoms in total. The van der Waals surface area contributed by atoms with Gasteiger partial charge in [0.1, 0.15) is 12.6 Å². The quantitative estimate of drug-likeness (QED) is 0.724. The van der Waals surface area contributed by atoms with Gasteiger partial charge in [-0.05, 0) is 47.4 Å². The Kier molecular flexibility index (Phi) is 6.41. The van der Waals surface area contributed by atoms with Crippen LogP contribution in [0.1, 0.15) is 36.3 Å². The van der Waals surface area contributed by atoms with E-state index in [4.69, 9.17) is 4.74 Å². The molecule has 1 unspecified atom stereocenters. The van der Waals surface area contributed by atoms with Gasteiger partial charge in [0, 0.05) is 12.5 Å². The van der Waals surface area contributed by atoms with E-state index in [9.17, 15) is 19.5 Å². The number of aliphatic carboxylic acids is 1. The Morgan fingerprint density at radius 1 is 1.03 bits per heavy atom. The number of carbonyl (C=O) groups excluding carboxylic acids is 2. The molecule has 164 valence electrons. The summed E-state index contributed by atoms with van der Waals surface area (Å²) in [4.78, 5) is 37.0. The highest BCUT2D eigenvalue weighted by Gasteiger charge is 2.31. The molecule has 7 heteroatoms. The number of hydrogen-bond donors (Lipinski definition) is 2. The summed E-state index contributed by atoms with van der Waals surface area (Å²) < 4.78 is 5.42. The molecule has 1 atom stereocenters. The molecule has 2 amide bonds. The summed E-state index contributed by atoms with van der Waals surface area (Å²) in [6, 6.07) is 15.3. The topological polar surface area (TPSA) is 95.9 Å². The number of nitrogens with one attached hydrogen (secondary N) is 1. The molecule has 0 bridgehead atoms. The van der Waals surface area contributed by atoms with Crippen LogP contribution in [0, 0.1) is 11.8 Å². The number of hydrogen-bond acceptors (Lipinski definition) is 4. The molecule has 1 heterocycles. The van der Waals surface area contributed by atoms with Crippen molar-refractivity contribution in [3.05, 3.63) is 59.7 Å². The van der Waals surface area contributed by atoms with Crippen LogP contribution < -0.4 is 5.32 Å². The number of piperidine rings is 1. The van der Waals surface area contributed by atoms with Gasteiger partial charge in [-0.15, -0.1) is 0 Å².